The van der Waals surface area contributed by atoms with E-state index in [9.17, 15) is 0 Å². The molecule has 9 heavy (non-hydrogen) atoms. The molecule has 0 aromatic carbocycles. The Balaban J connectivity index is 2.23. The first-order valence-electron chi connectivity index (χ1n) is 3.37. The quantitative estimate of drug-likeness (QED) is 0.534. The van der Waals surface area contributed by atoms with Gasteiger partial charge < -0.3 is 4.74 Å². The molecule has 0 amide bonds. The van der Waals surface area contributed by atoms with Crippen molar-refractivity contribution in [1.82, 2.24) is 10.4 Å². The van der Waals surface area contributed by atoms with E-state index in [4.69, 9.17) is 4.74 Å². The molecule has 1 fully saturated rings. The second kappa shape index (κ2) is 3.15. The molecule has 0 aliphatic carbocycles. The van der Waals surface area contributed by atoms with Gasteiger partial charge in [-0.3, -0.25) is 5.43 Å². The first-order valence-corrected chi connectivity index (χ1v) is 3.37. The van der Waals surface area contributed by atoms with Crippen molar-refractivity contribution in [2.24, 2.45) is 0 Å². The third-order valence-electron chi connectivity index (χ3n) is 1.56. The van der Waals surface area contributed by atoms with Crippen LogP contribution in [-0.2, 0) is 4.74 Å². The second-order valence-electron chi connectivity index (χ2n) is 2.35. The van der Waals surface area contributed by atoms with Gasteiger partial charge in [0.05, 0.1) is 12.7 Å². The van der Waals surface area contributed by atoms with Crippen molar-refractivity contribution in [3.8, 4) is 0 Å². The Kier molecular flexibility index (Phi) is 2.45. The highest BCUT2D eigenvalue weighted by Crippen LogP contribution is 1.99. The maximum atomic E-state index is 5.33. The zero-order valence-electron chi connectivity index (χ0n) is 6.05. The molecule has 0 aromatic heterocycles. The maximum absolute atomic E-state index is 5.33. The molecule has 1 heterocycles. The summed E-state index contributed by atoms with van der Waals surface area (Å²) >= 11 is 0. The standard InChI is InChI=1S/C6H14N2O/c1-6-5-8(7-2)3-4-9-6/h6-7H,3-5H2,1-2H3. The predicted molar refractivity (Wildman–Crippen MR) is 36.0 cm³/mol. The highest BCUT2D eigenvalue weighted by atomic mass is 16.5. The van der Waals surface area contributed by atoms with E-state index in [-0.39, 0.29) is 0 Å². The minimum Gasteiger partial charge on any atom is -0.376 e. The van der Waals surface area contributed by atoms with Crippen molar-refractivity contribution in [3.05, 3.63) is 0 Å². The summed E-state index contributed by atoms with van der Waals surface area (Å²) in [5.41, 5.74) is 3.09. The molecule has 0 aromatic rings. The van der Waals surface area contributed by atoms with Crippen LogP contribution in [0.5, 0.6) is 0 Å². The summed E-state index contributed by atoms with van der Waals surface area (Å²) in [4.78, 5) is 0. The molecule has 0 spiro atoms. The Labute approximate surface area is 56.0 Å². The fraction of sp³-hybridized carbons (Fsp3) is 1.00. The molecule has 3 nitrogen and oxygen atoms in total. The minimum absolute atomic E-state index is 0.381. The third kappa shape index (κ3) is 1.93. The molecule has 0 bridgehead atoms. The fourth-order valence-corrected chi connectivity index (χ4v) is 1.02. The smallest absolute Gasteiger partial charge is 0.0688 e. The fourth-order valence-electron chi connectivity index (χ4n) is 1.02. The first-order chi connectivity index (χ1) is 4.33. The van der Waals surface area contributed by atoms with Crippen molar-refractivity contribution in [2.45, 2.75) is 13.0 Å². The van der Waals surface area contributed by atoms with E-state index in [1.165, 1.54) is 0 Å². The molecule has 1 saturated heterocycles. The van der Waals surface area contributed by atoms with Crippen LogP contribution in [0, 0.1) is 0 Å². The molecule has 1 unspecified atom stereocenters. The molecule has 1 aliphatic rings. The van der Waals surface area contributed by atoms with Crippen molar-refractivity contribution in [1.29, 1.82) is 0 Å². The summed E-state index contributed by atoms with van der Waals surface area (Å²) in [7, 11) is 1.94. The van der Waals surface area contributed by atoms with Gasteiger partial charge in [0.25, 0.3) is 0 Å². The van der Waals surface area contributed by atoms with Crippen molar-refractivity contribution in [2.75, 3.05) is 26.7 Å². The van der Waals surface area contributed by atoms with Gasteiger partial charge in [0.15, 0.2) is 0 Å². The average Bonchev–Trinajstić information content (AvgIpc) is 1.88. The molecule has 0 saturated carbocycles. The normalized spacial score (nSPS) is 30.7. The molecule has 54 valence electrons. The molecule has 1 aliphatic heterocycles. The molecule has 0 radical (unpaired) electrons. The number of nitrogens with zero attached hydrogens (tertiary/aromatic N) is 1. The topological polar surface area (TPSA) is 24.5 Å². The maximum Gasteiger partial charge on any atom is 0.0688 e. The van der Waals surface area contributed by atoms with Crippen molar-refractivity contribution >= 4 is 0 Å². The number of rotatable bonds is 1. The summed E-state index contributed by atoms with van der Waals surface area (Å²) < 4.78 is 5.33. The minimum atomic E-state index is 0.381. The molecule has 1 N–H and O–H groups in total. The highest BCUT2D eigenvalue weighted by Gasteiger charge is 2.13. The lowest BCUT2D eigenvalue weighted by Crippen LogP contribution is -2.47. The second-order valence-corrected chi connectivity index (χ2v) is 2.35. The van der Waals surface area contributed by atoms with Crippen LogP contribution in [-0.4, -0.2) is 37.9 Å². The van der Waals surface area contributed by atoms with Gasteiger partial charge in [0.1, 0.15) is 0 Å². The van der Waals surface area contributed by atoms with E-state index in [2.05, 4.69) is 17.4 Å². The van der Waals surface area contributed by atoms with Gasteiger partial charge in [-0.05, 0) is 14.0 Å². The van der Waals surface area contributed by atoms with Crippen LogP contribution in [0.15, 0.2) is 0 Å². The monoisotopic (exact) mass is 130 g/mol. The highest BCUT2D eigenvalue weighted by molar-refractivity contribution is 4.62. The Hall–Kier alpha value is -0.120. The third-order valence-corrected chi connectivity index (χ3v) is 1.56. The lowest BCUT2D eigenvalue weighted by Gasteiger charge is -2.29. The Morgan fingerprint density at radius 1 is 1.67 bits per heavy atom. The average molecular weight is 130 g/mol. The molecular weight excluding hydrogens is 116 g/mol. The van der Waals surface area contributed by atoms with Crippen LogP contribution < -0.4 is 5.43 Å². The number of ether oxygens (including phenoxy) is 1. The SMILES string of the molecule is CNN1CCOC(C)C1. The first kappa shape index (κ1) is 6.99. The van der Waals surface area contributed by atoms with E-state index < -0.39 is 0 Å². The van der Waals surface area contributed by atoms with Crippen LogP contribution in [0.3, 0.4) is 0 Å². The predicted octanol–water partition coefficient (Wildman–Crippen LogP) is -0.159. The van der Waals surface area contributed by atoms with Gasteiger partial charge >= 0.3 is 0 Å². The van der Waals surface area contributed by atoms with E-state index in [0.29, 0.717) is 6.10 Å². The molecular formula is C6H14N2O. The Morgan fingerprint density at radius 3 is 2.89 bits per heavy atom. The van der Waals surface area contributed by atoms with Gasteiger partial charge in [-0.15, -0.1) is 0 Å². The number of nitrogens with one attached hydrogen (secondary N) is 1. The summed E-state index contributed by atoms with van der Waals surface area (Å²) in [5.74, 6) is 0. The zero-order chi connectivity index (χ0) is 6.69. The van der Waals surface area contributed by atoms with Crippen molar-refractivity contribution in [3.63, 3.8) is 0 Å². The number of hydrogen-bond donors (Lipinski definition) is 1. The van der Waals surface area contributed by atoms with Crippen LogP contribution in [0.1, 0.15) is 6.92 Å². The van der Waals surface area contributed by atoms with Gasteiger partial charge in [0, 0.05) is 13.1 Å². The Morgan fingerprint density at radius 2 is 2.44 bits per heavy atom. The van der Waals surface area contributed by atoms with Crippen LogP contribution in [0.25, 0.3) is 0 Å². The number of hydrazine groups is 1. The number of hydrogen-bond acceptors (Lipinski definition) is 3. The van der Waals surface area contributed by atoms with Gasteiger partial charge in [0.2, 0.25) is 0 Å². The van der Waals surface area contributed by atoms with Gasteiger partial charge in [-0.2, -0.15) is 0 Å². The van der Waals surface area contributed by atoms with Crippen LogP contribution in [0.2, 0.25) is 0 Å². The molecule has 1 rings (SSSR count). The van der Waals surface area contributed by atoms with E-state index in [1.54, 1.807) is 0 Å². The molecule has 3 heteroatoms. The number of morpholine rings is 1. The largest absolute Gasteiger partial charge is 0.376 e. The summed E-state index contributed by atoms with van der Waals surface area (Å²) in [6.45, 7) is 4.93. The van der Waals surface area contributed by atoms with Crippen LogP contribution in [0.4, 0.5) is 0 Å². The summed E-state index contributed by atoms with van der Waals surface area (Å²) in [6.07, 6.45) is 0.381. The lowest BCUT2D eigenvalue weighted by molar-refractivity contribution is -0.0343. The molecule has 1 atom stereocenters. The van der Waals surface area contributed by atoms with Gasteiger partial charge in [-0.25, -0.2) is 5.01 Å². The van der Waals surface area contributed by atoms with E-state index in [1.807, 2.05) is 7.05 Å². The van der Waals surface area contributed by atoms with E-state index >= 15 is 0 Å². The summed E-state index contributed by atoms with van der Waals surface area (Å²) in [6, 6.07) is 0. The summed E-state index contributed by atoms with van der Waals surface area (Å²) in [5, 5.41) is 2.16. The lowest BCUT2D eigenvalue weighted by atomic mass is 10.3. The zero-order valence-corrected chi connectivity index (χ0v) is 6.05. The van der Waals surface area contributed by atoms with Gasteiger partial charge in [-0.1, -0.05) is 0 Å². The van der Waals surface area contributed by atoms with Crippen molar-refractivity contribution < 1.29 is 4.74 Å². The Bertz CT molecular complexity index is 87.1. The van der Waals surface area contributed by atoms with E-state index in [0.717, 1.165) is 19.7 Å². The van der Waals surface area contributed by atoms with Crippen LogP contribution >= 0.6 is 0 Å².